The van der Waals surface area contributed by atoms with Gasteiger partial charge in [-0.05, 0) is 0 Å². The van der Waals surface area contributed by atoms with Crippen LogP contribution in [0.4, 0.5) is 0 Å². The van der Waals surface area contributed by atoms with E-state index in [0.29, 0.717) is 0 Å². The molecule has 185 valence electrons. The Morgan fingerprint density at radius 3 is 2.00 bits per heavy atom. The van der Waals surface area contributed by atoms with E-state index in [1.807, 2.05) is 0 Å². The van der Waals surface area contributed by atoms with Gasteiger partial charge in [-0.3, -0.25) is 0 Å². The molecule has 0 aliphatic heterocycles. The molecular formula is C28H40Cl2HfNOSi. The summed E-state index contributed by atoms with van der Waals surface area (Å²) in [6.07, 6.45) is 14.1. The Morgan fingerprint density at radius 1 is 0.824 bits per heavy atom. The van der Waals surface area contributed by atoms with Gasteiger partial charge in [-0.15, -0.1) is 0 Å². The number of benzene rings is 2. The molecule has 0 spiro atoms. The van der Waals surface area contributed by atoms with Crippen LogP contribution in [0.1, 0.15) is 81.8 Å². The summed E-state index contributed by atoms with van der Waals surface area (Å²) in [7, 11) is 15.4. The van der Waals surface area contributed by atoms with Gasteiger partial charge in [0.1, 0.15) is 0 Å². The van der Waals surface area contributed by atoms with E-state index in [1.54, 1.807) is 0 Å². The first-order valence-corrected chi connectivity index (χ1v) is 35.0. The van der Waals surface area contributed by atoms with Gasteiger partial charge in [0.25, 0.3) is 0 Å². The molecule has 0 atom stereocenters. The van der Waals surface area contributed by atoms with Crippen molar-refractivity contribution >= 4 is 32.4 Å². The SMILES string of the molecule is C[SiH](C)[Hf]([Cl])([Cl])([NH]C(=O)C1CCCCCCCCCCC1)[c]1cccc2c1Cc1ccccc1-2. The number of hydrogen-bond donors (Lipinski definition) is 1. The fourth-order valence-corrected chi connectivity index (χ4v) is 31.5. The third kappa shape index (κ3) is 5.60. The Morgan fingerprint density at radius 2 is 1.38 bits per heavy atom. The Hall–Kier alpha value is -0.423. The average Bonchev–Trinajstić information content (AvgIpc) is 3.18. The molecule has 0 aromatic heterocycles. The van der Waals surface area contributed by atoms with Gasteiger partial charge in [-0.1, -0.05) is 0 Å². The minimum atomic E-state index is -4.91. The molecule has 1 fully saturated rings. The first-order chi connectivity index (χ1) is 16.3. The van der Waals surface area contributed by atoms with Crippen LogP contribution in [0, 0.1) is 5.92 Å². The molecule has 4 rings (SSSR count). The number of halogens is 2. The van der Waals surface area contributed by atoms with Crippen molar-refractivity contribution in [3.05, 3.63) is 53.6 Å². The Labute approximate surface area is 215 Å². The maximum atomic E-state index is 13.8. The first kappa shape index (κ1) is 26.6. The van der Waals surface area contributed by atoms with E-state index in [-0.39, 0.29) is 11.8 Å². The Bertz CT molecular complexity index is 1010. The van der Waals surface area contributed by atoms with Crippen LogP contribution in [0.2, 0.25) is 13.1 Å². The van der Waals surface area contributed by atoms with Crippen molar-refractivity contribution in [3.8, 4) is 11.1 Å². The van der Waals surface area contributed by atoms with Crippen LogP contribution in [0.25, 0.3) is 11.1 Å². The van der Waals surface area contributed by atoms with Gasteiger partial charge in [0.15, 0.2) is 0 Å². The zero-order valence-electron chi connectivity index (χ0n) is 20.8. The van der Waals surface area contributed by atoms with E-state index >= 15 is 0 Å². The summed E-state index contributed by atoms with van der Waals surface area (Å²) < 4.78 is 4.59. The number of carbonyl (C=O) groups excluding carboxylic acids is 1. The number of amides is 1. The van der Waals surface area contributed by atoms with Crippen LogP contribution >= 0.6 is 17.2 Å². The van der Waals surface area contributed by atoms with Gasteiger partial charge in [-0.25, -0.2) is 0 Å². The Kier molecular flexibility index (Phi) is 8.86. The van der Waals surface area contributed by atoms with E-state index in [0.717, 1.165) is 35.4 Å². The van der Waals surface area contributed by atoms with Crippen LogP contribution in [0.3, 0.4) is 0 Å². The van der Waals surface area contributed by atoms with Crippen molar-refractivity contribution < 1.29 is 20.4 Å². The molecule has 2 aliphatic carbocycles. The van der Waals surface area contributed by atoms with Gasteiger partial charge < -0.3 is 0 Å². The van der Waals surface area contributed by atoms with E-state index < -0.39 is 21.6 Å². The predicted octanol–water partition coefficient (Wildman–Crippen LogP) is 7.82. The van der Waals surface area contributed by atoms with Crippen molar-refractivity contribution in [1.29, 1.82) is 0 Å². The monoisotopic (exact) mass is 684 g/mol. The van der Waals surface area contributed by atoms with E-state index in [4.69, 9.17) is 17.2 Å². The van der Waals surface area contributed by atoms with Crippen molar-refractivity contribution in [2.45, 2.75) is 90.1 Å². The van der Waals surface area contributed by atoms with Gasteiger partial charge in [-0.2, -0.15) is 0 Å². The van der Waals surface area contributed by atoms with Crippen molar-refractivity contribution in [3.63, 3.8) is 0 Å². The van der Waals surface area contributed by atoms with Crippen LogP contribution in [0.5, 0.6) is 0 Å². The molecule has 2 aliphatic rings. The molecule has 1 saturated carbocycles. The van der Waals surface area contributed by atoms with Crippen LogP contribution in [-0.2, 0) is 26.8 Å². The van der Waals surface area contributed by atoms with Gasteiger partial charge in [0.05, 0.1) is 0 Å². The maximum absolute atomic E-state index is 13.8. The number of carbonyl (C=O) groups is 1. The summed E-state index contributed by atoms with van der Waals surface area (Å²) >= 11 is -4.91. The molecule has 6 heteroatoms. The zero-order chi connectivity index (χ0) is 24.2. The van der Waals surface area contributed by atoms with E-state index in [9.17, 15) is 4.79 Å². The number of nitrogens with one attached hydrogen (secondary N) is 1. The number of rotatable bonds is 4. The van der Waals surface area contributed by atoms with Gasteiger partial charge in [0.2, 0.25) is 0 Å². The van der Waals surface area contributed by atoms with Gasteiger partial charge >= 0.3 is 217 Å². The van der Waals surface area contributed by atoms with Crippen molar-refractivity contribution in [2.24, 2.45) is 5.92 Å². The molecule has 2 aromatic carbocycles. The molecule has 0 saturated heterocycles. The summed E-state index contributed by atoms with van der Waals surface area (Å²) in [5.41, 5.74) is 5.10. The van der Waals surface area contributed by atoms with Crippen molar-refractivity contribution in [1.82, 2.24) is 3.30 Å². The van der Waals surface area contributed by atoms with E-state index in [1.165, 1.54) is 67.2 Å². The fraction of sp³-hybridized carbons (Fsp3) is 0.536. The summed E-state index contributed by atoms with van der Waals surface area (Å²) in [4.78, 5) is 13.8. The Balaban J connectivity index is 1.62. The third-order valence-corrected chi connectivity index (χ3v) is 69.9. The zero-order valence-corrected chi connectivity index (χ0v) is 27.1. The molecule has 0 bridgehead atoms. The molecule has 1 amide bonds. The molecule has 0 heterocycles. The van der Waals surface area contributed by atoms with Crippen LogP contribution in [-0.4, -0.2) is 11.9 Å². The third-order valence-electron chi connectivity index (χ3n) is 8.19. The van der Waals surface area contributed by atoms with Crippen LogP contribution in [0.15, 0.2) is 42.5 Å². The molecule has 2 aromatic rings. The predicted molar refractivity (Wildman–Crippen MR) is 147 cm³/mol. The quantitative estimate of drug-likeness (QED) is 0.280. The molecular weight excluding hydrogens is 644 g/mol. The standard InChI is InChI=1S/C13H25NO.C13H9.C2H7Si.2ClH.Hf/c14-13(15)12-10-8-6-4-2-1-3-5-7-9-11-12;1-3-7-12-10(5-1)9-11-6-2-4-8-13(11)12;1-3-2;;;/h12H,1-11H2,(H2,14,15);1-5,7-8H,9H2;3H,1-2H3;2*1H;/q;;;;;+3/p-3. The molecule has 0 unspecified atom stereocenters. The second-order valence-corrected chi connectivity index (χ2v) is 66.1. The van der Waals surface area contributed by atoms with Crippen LogP contribution < -0.4 is 6.62 Å². The van der Waals surface area contributed by atoms with Crippen molar-refractivity contribution in [2.75, 3.05) is 0 Å². The summed E-state index contributed by atoms with van der Waals surface area (Å²) in [6, 6.07) is 15.0. The fourth-order valence-electron chi connectivity index (χ4n) is 5.86. The molecule has 0 radical (unpaired) electrons. The number of fused-ring (bicyclic) bond motifs is 3. The van der Waals surface area contributed by atoms with E-state index in [2.05, 4.69) is 58.9 Å². The molecule has 1 N–H and O–H groups in total. The number of hydrogen-bond acceptors (Lipinski definition) is 1. The average molecular weight is 684 g/mol. The topological polar surface area (TPSA) is 29.1 Å². The molecule has 34 heavy (non-hydrogen) atoms. The second kappa shape index (κ2) is 11.3. The molecule has 2 nitrogen and oxygen atoms in total. The summed E-state index contributed by atoms with van der Waals surface area (Å²) in [6.45, 7) is 4.47. The first-order valence-electron chi connectivity index (χ1n) is 13.4. The minimum absolute atomic E-state index is 0.0362. The normalized spacial score (nSPS) is 19.3. The van der Waals surface area contributed by atoms with Gasteiger partial charge in [0, 0.05) is 0 Å². The summed E-state index contributed by atoms with van der Waals surface area (Å²) in [5, 5.41) is 0. The second-order valence-electron chi connectivity index (χ2n) is 10.8. The summed E-state index contributed by atoms with van der Waals surface area (Å²) in [5.74, 6) is -1.45.